The van der Waals surface area contributed by atoms with Crippen molar-refractivity contribution in [2.24, 2.45) is 5.92 Å². The van der Waals surface area contributed by atoms with Crippen LogP contribution in [0.4, 0.5) is 0 Å². The van der Waals surface area contributed by atoms with Crippen LogP contribution < -0.4 is 14.8 Å². The van der Waals surface area contributed by atoms with Crippen LogP contribution in [0.1, 0.15) is 5.56 Å². The summed E-state index contributed by atoms with van der Waals surface area (Å²) in [5.41, 5.74) is 0.890. The predicted molar refractivity (Wildman–Crippen MR) is 66.3 cm³/mol. The van der Waals surface area contributed by atoms with Gasteiger partial charge in [-0.05, 0) is 30.2 Å². The fraction of sp³-hybridized carbons (Fsp3) is 0.385. The molecular formula is C13H15NO5. The highest BCUT2D eigenvalue weighted by Crippen LogP contribution is 2.30. The van der Waals surface area contributed by atoms with E-state index in [1.807, 2.05) is 6.07 Å². The maximum Gasteiger partial charge on any atom is 0.322 e. The van der Waals surface area contributed by atoms with Gasteiger partial charge in [0.25, 0.3) is 0 Å². The number of fused-ring (bicyclic) bond motifs is 1. The Morgan fingerprint density at radius 1 is 1.53 bits per heavy atom. The summed E-state index contributed by atoms with van der Waals surface area (Å²) in [6, 6.07) is 5.43. The Hall–Kier alpha value is -2.24. The molecule has 1 heterocycles. The highest BCUT2D eigenvalue weighted by Gasteiger charge is 2.26. The van der Waals surface area contributed by atoms with E-state index in [9.17, 15) is 9.59 Å². The van der Waals surface area contributed by atoms with E-state index < -0.39 is 5.97 Å². The summed E-state index contributed by atoms with van der Waals surface area (Å²) in [5.74, 6) is -0.306. The van der Waals surface area contributed by atoms with Crippen LogP contribution >= 0.6 is 0 Å². The van der Waals surface area contributed by atoms with Gasteiger partial charge >= 0.3 is 5.97 Å². The van der Waals surface area contributed by atoms with Crippen LogP contribution in [0.3, 0.4) is 0 Å². The van der Waals surface area contributed by atoms with Crippen LogP contribution in [0.2, 0.25) is 0 Å². The minimum absolute atomic E-state index is 0.255. The number of carbonyl (C=O) groups is 2. The average Bonchev–Trinajstić information content (AvgIpc) is 2.43. The monoisotopic (exact) mass is 265 g/mol. The lowest BCUT2D eigenvalue weighted by atomic mass is 9.96. The van der Waals surface area contributed by atoms with Crippen LogP contribution in [0.15, 0.2) is 18.2 Å². The molecule has 0 saturated carbocycles. The molecule has 1 aliphatic rings. The first-order chi connectivity index (χ1) is 9.10. The highest BCUT2D eigenvalue weighted by molar-refractivity contribution is 5.83. The van der Waals surface area contributed by atoms with E-state index in [4.69, 9.17) is 14.6 Å². The van der Waals surface area contributed by atoms with Crippen molar-refractivity contribution in [1.29, 1.82) is 0 Å². The van der Waals surface area contributed by atoms with Gasteiger partial charge in [-0.1, -0.05) is 0 Å². The Bertz CT molecular complexity index is 500. The lowest BCUT2D eigenvalue weighted by Crippen LogP contribution is -2.39. The number of methoxy groups -OCH3 is 1. The largest absolute Gasteiger partial charge is 0.497 e. The van der Waals surface area contributed by atoms with Crippen molar-refractivity contribution >= 4 is 11.9 Å². The fourth-order valence-corrected chi connectivity index (χ4v) is 1.97. The Balaban J connectivity index is 2.04. The number of rotatable bonds is 4. The fourth-order valence-electron chi connectivity index (χ4n) is 1.97. The summed E-state index contributed by atoms with van der Waals surface area (Å²) in [6.07, 6.45) is 0.512. The van der Waals surface area contributed by atoms with Crippen LogP contribution in [-0.2, 0) is 16.0 Å². The Kier molecular flexibility index (Phi) is 3.89. The van der Waals surface area contributed by atoms with Crippen molar-refractivity contribution in [1.82, 2.24) is 5.32 Å². The third-order valence-electron chi connectivity index (χ3n) is 2.96. The number of benzene rings is 1. The van der Waals surface area contributed by atoms with Crippen molar-refractivity contribution in [2.45, 2.75) is 6.42 Å². The quantitative estimate of drug-likeness (QED) is 0.825. The number of hydrogen-bond acceptors (Lipinski definition) is 4. The topological polar surface area (TPSA) is 84.9 Å². The lowest BCUT2D eigenvalue weighted by Gasteiger charge is -2.24. The SMILES string of the molecule is COc1ccc2c(c1)C[C@H](C(=O)NCC(=O)O)CO2. The molecule has 1 aromatic rings. The van der Waals surface area contributed by atoms with E-state index in [-0.39, 0.29) is 25.0 Å². The van der Waals surface area contributed by atoms with E-state index >= 15 is 0 Å². The normalized spacial score (nSPS) is 17.0. The van der Waals surface area contributed by atoms with Gasteiger partial charge in [-0.15, -0.1) is 0 Å². The molecular weight excluding hydrogens is 250 g/mol. The molecule has 0 bridgehead atoms. The maximum atomic E-state index is 11.8. The van der Waals surface area contributed by atoms with Gasteiger partial charge in [-0.2, -0.15) is 0 Å². The third-order valence-corrected chi connectivity index (χ3v) is 2.96. The molecule has 102 valence electrons. The molecule has 0 saturated heterocycles. The van der Waals surface area contributed by atoms with Gasteiger partial charge < -0.3 is 19.9 Å². The number of nitrogens with one attached hydrogen (secondary N) is 1. The second-order valence-corrected chi connectivity index (χ2v) is 4.30. The Morgan fingerprint density at radius 2 is 2.32 bits per heavy atom. The van der Waals surface area contributed by atoms with Crippen molar-refractivity contribution in [3.8, 4) is 11.5 Å². The van der Waals surface area contributed by atoms with Gasteiger partial charge in [0.15, 0.2) is 0 Å². The smallest absolute Gasteiger partial charge is 0.322 e. The molecule has 2 rings (SSSR count). The number of carboxylic acid groups (broad SMARTS) is 1. The average molecular weight is 265 g/mol. The zero-order valence-corrected chi connectivity index (χ0v) is 10.5. The van der Waals surface area contributed by atoms with E-state index in [1.165, 1.54) is 0 Å². The Labute approximate surface area is 110 Å². The van der Waals surface area contributed by atoms with Gasteiger partial charge in [-0.3, -0.25) is 9.59 Å². The zero-order valence-electron chi connectivity index (χ0n) is 10.5. The molecule has 0 fully saturated rings. The van der Waals surface area contributed by atoms with Crippen molar-refractivity contribution in [3.05, 3.63) is 23.8 Å². The molecule has 0 aliphatic carbocycles. The van der Waals surface area contributed by atoms with Gasteiger partial charge in [0, 0.05) is 0 Å². The van der Waals surface area contributed by atoms with E-state index in [0.717, 1.165) is 11.3 Å². The molecule has 0 unspecified atom stereocenters. The molecule has 0 radical (unpaired) electrons. The second kappa shape index (κ2) is 5.60. The maximum absolute atomic E-state index is 11.8. The first kappa shape index (κ1) is 13.2. The number of carboxylic acids is 1. The van der Waals surface area contributed by atoms with E-state index in [1.54, 1.807) is 19.2 Å². The van der Waals surface area contributed by atoms with E-state index in [2.05, 4.69) is 5.32 Å². The summed E-state index contributed by atoms with van der Waals surface area (Å²) in [5, 5.41) is 10.9. The summed E-state index contributed by atoms with van der Waals surface area (Å²) in [4.78, 5) is 22.2. The summed E-state index contributed by atoms with van der Waals surface area (Å²) in [7, 11) is 1.57. The Morgan fingerprint density at radius 3 is 3.00 bits per heavy atom. The molecule has 6 nitrogen and oxygen atoms in total. The van der Waals surface area contributed by atoms with Crippen LogP contribution in [0.5, 0.6) is 11.5 Å². The zero-order chi connectivity index (χ0) is 13.8. The minimum Gasteiger partial charge on any atom is -0.497 e. The van der Waals surface area contributed by atoms with Crippen molar-refractivity contribution in [2.75, 3.05) is 20.3 Å². The van der Waals surface area contributed by atoms with Crippen LogP contribution in [0, 0.1) is 5.92 Å². The number of ether oxygens (including phenoxy) is 2. The number of carbonyl (C=O) groups excluding carboxylic acids is 1. The summed E-state index contributed by atoms with van der Waals surface area (Å²) < 4.78 is 10.6. The molecule has 0 spiro atoms. The van der Waals surface area contributed by atoms with Crippen LogP contribution in [-0.4, -0.2) is 37.2 Å². The third kappa shape index (κ3) is 3.15. The van der Waals surface area contributed by atoms with Crippen molar-refractivity contribution < 1.29 is 24.2 Å². The first-order valence-electron chi connectivity index (χ1n) is 5.89. The number of aliphatic carboxylic acids is 1. The summed E-state index contributed by atoms with van der Waals surface area (Å²) in [6.45, 7) is -0.120. The van der Waals surface area contributed by atoms with Crippen LogP contribution in [0.25, 0.3) is 0 Å². The van der Waals surface area contributed by atoms with Gasteiger partial charge in [0.2, 0.25) is 5.91 Å². The second-order valence-electron chi connectivity index (χ2n) is 4.30. The first-order valence-corrected chi connectivity index (χ1v) is 5.89. The summed E-state index contributed by atoms with van der Waals surface area (Å²) >= 11 is 0. The molecule has 0 aromatic heterocycles. The minimum atomic E-state index is -1.06. The molecule has 1 atom stereocenters. The predicted octanol–water partition coefficient (Wildman–Crippen LogP) is 0.447. The van der Waals surface area contributed by atoms with E-state index in [0.29, 0.717) is 12.2 Å². The molecule has 1 amide bonds. The molecule has 19 heavy (non-hydrogen) atoms. The standard InChI is InChI=1S/C13H15NO5/c1-18-10-2-3-11-8(5-10)4-9(7-19-11)13(17)14-6-12(15)16/h2-3,5,9H,4,6-7H2,1H3,(H,14,17)(H,15,16)/t9-/m0/s1. The molecule has 1 aromatic carbocycles. The lowest BCUT2D eigenvalue weighted by molar-refractivity contribution is -0.138. The molecule has 2 N–H and O–H groups in total. The van der Waals surface area contributed by atoms with Gasteiger partial charge in [-0.25, -0.2) is 0 Å². The van der Waals surface area contributed by atoms with Gasteiger partial charge in [0.1, 0.15) is 24.7 Å². The van der Waals surface area contributed by atoms with Crippen molar-refractivity contribution in [3.63, 3.8) is 0 Å². The number of amides is 1. The number of hydrogen-bond donors (Lipinski definition) is 2. The molecule has 6 heteroatoms. The molecule has 1 aliphatic heterocycles. The highest BCUT2D eigenvalue weighted by atomic mass is 16.5. The van der Waals surface area contributed by atoms with Gasteiger partial charge in [0.05, 0.1) is 13.0 Å².